The maximum absolute atomic E-state index is 12.0. The molecular formula is C15H12Br2N2O5. The first-order chi connectivity index (χ1) is 11.1. The van der Waals surface area contributed by atoms with Crippen molar-refractivity contribution in [2.24, 2.45) is 5.16 Å². The van der Waals surface area contributed by atoms with Gasteiger partial charge in [-0.15, -0.1) is 0 Å². The summed E-state index contributed by atoms with van der Waals surface area (Å²) in [5, 5.41) is 14.5. The Hall–Kier alpha value is -1.87. The minimum atomic E-state index is -0.835. The Kier molecular flexibility index (Phi) is 5.34. The molecule has 0 fully saturated rings. The lowest BCUT2D eigenvalue weighted by Crippen LogP contribution is -2.46. The van der Waals surface area contributed by atoms with E-state index in [1.165, 1.54) is 30.3 Å². The van der Waals surface area contributed by atoms with Crippen molar-refractivity contribution in [3.05, 3.63) is 51.6 Å². The van der Waals surface area contributed by atoms with Crippen LogP contribution in [0.25, 0.3) is 0 Å². The van der Waals surface area contributed by atoms with E-state index < -0.39 is 20.0 Å². The molecule has 0 aliphatic heterocycles. The highest BCUT2D eigenvalue weighted by atomic mass is 79.9. The molecule has 0 amide bonds. The highest BCUT2D eigenvalue weighted by Crippen LogP contribution is 2.36. The molecule has 1 aromatic carbocycles. The standard InChI is InChI=1S/C15H12Br2N2O5/c1-8-7-11(20)12(16)15(2,17)13(8)18-24-14(21)9-3-5-10(6-4-9)19(22)23/h3-7,12H,1-2H3. The number of nitro groups is 1. The van der Waals surface area contributed by atoms with E-state index in [2.05, 4.69) is 37.0 Å². The fourth-order valence-corrected chi connectivity index (χ4v) is 3.11. The smallest absolute Gasteiger partial charge is 0.312 e. The van der Waals surface area contributed by atoms with Gasteiger partial charge in [-0.3, -0.25) is 14.9 Å². The summed E-state index contributed by atoms with van der Waals surface area (Å²) in [6.45, 7) is 3.42. The Morgan fingerprint density at radius 2 is 1.96 bits per heavy atom. The summed E-state index contributed by atoms with van der Waals surface area (Å²) in [5.41, 5.74) is 0.980. The van der Waals surface area contributed by atoms with E-state index in [1.807, 2.05) is 0 Å². The van der Waals surface area contributed by atoms with Gasteiger partial charge in [0.1, 0.15) is 5.71 Å². The minimum absolute atomic E-state index is 0.118. The number of hydrogen-bond donors (Lipinski definition) is 0. The SMILES string of the molecule is CC1=CC(=O)C(Br)C(C)(Br)C1=NOC(=O)c1ccc([N+](=O)[O-])cc1. The van der Waals surface area contributed by atoms with Crippen LogP contribution in [0, 0.1) is 10.1 Å². The number of alkyl halides is 2. The van der Waals surface area contributed by atoms with E-state index in [4.69, 9.17) is 4.84 Å². The Morgan fingerprint density at radius 3 is 2.50 bits per heavy atom. The minimum Gasteiger partial charge on any atom is -0.312 e. The Bertz CT molecular complexity index is 769. The zero-order chi connectivity index (χ0) is 18.1. The average molecular weight is 460 g/mol. The van der Waals surface area contributed by atoms with Gasteiger partial charge in [-0.05, 0) is 37.6 Å². The van der Waals surface area contributed by atoms with Crippen LogP contribution < -0.4 is 0 Å². The van der Waals surface area contributed by atoms with Gasteiger partial charge in [0.25, 0.3) is 5.69 Å². The molecule has 0 spiro atoms. The molecule has 2 unspecified atom stereocenters. The Balaban J connectivity index is 2.22. The predicted octanol–water partition coefficient (Wildman–Crippen LogP) is 3.55. The predicted molar refractivity (Wildman–Crippen MR) is 94.8 cm³/mol. The summed E-state index contributed by atoms with van der Waals surface area (Å²) in [6.07, 6.45) is 1.42. The molecule has 2 atom stereocenters. The van der Waals surface area contributed by atoms with Crippen molar-refractivity contribution in [1.82, 2.24) is 0 Å². The van der Waals surface area contributed by atoms with Gasteiger partial charge in [-0.1, -0.05) is 37.0 Å². The molecule has 24 heavy (non-hydrogen) atoms. The molecule has 0 bridgehead atoms. The van der Waals surface area contributed by atoms with Gasteiger partial charge in [0.2, 0.25) is 0 Å². The fourth-order valence-electron chi connectivity index (χ4n) is 2.15. The van der Waals surface area contributed by atoms with Gasteiger partial charge in [0, 0.05) is 12.1 Å². The van der Waals surface area contributed by atoms with Crippen LogP contribution in [0.5, 0.6) is 0 Å². The van der Waals surface area contributed by atoms with Gasteiger partial charge in [0.05, 0.1) is 19.6 Å². The second-order valence-corrected chi connectivity index (χ2v) is 7.85. The second-order valence-electron chi connectivity index (χ2n) is 5.29. The van der Waals surface area contributed by atoms with Crippen LogP contribution in [-0.2, 0) is 9.63 Å². The number of allylic oxidation sites excluding steroid dienone is 2. The number of carbonyl (C=O) groups is 2. The van der Waals surface area contributed by atoms with E-state index >= 15 is 0 Å². The molecule has 0 aromatic heterocycles. The van der Waals surface area contributed by atoms with Gasteiger partial charge in [0.15, 0.2) is 5.78 Å². The van der Waals surface area contributed by atoms with Crippen molar-refractivity contribution >= 4 is 55.0 Å². The third kappa shape index (κ3) is 3.62. The number of carbonyl (C=O) groups excluding carboxylic acids is 2. The molecule has 7 nitrogen and oxygen atoms in total. The van der Waals surface area contributed by atoms with Crippen LogP contribution in [-0.4, -0.2) is 31.5 Å². The molecular weight excluding hydrogens is 448 g/mol. The first-order valence-corrected chi connectivity index (χ1v) is 8.45. The van der Waals surface area contributed by atoms with Crippen molar-refractivity contribution in [3.63, 3.8) is 0 Å². The van der Waals surface area contributed by atoms with Crippen LogP contribution in [0.2, 0.25) is 0 Å². The van der Waals surface area contributed by atoms with Gasteiger partial charge < -0.3 is 4.84 Å². The number of benzene rings is 1. The summed E-state index contributed by atoms with van der Waals surface area (Å²) in [7, 11) is 0. The Labute approximate surface area is 154 Å². The van der Waals surface area contributed by atoms with E-state index in [9.17, 15) is 19.7 Å². The third-order valence-electron chi connectivity index (χ3n) is 3.45. The summed E-state index contributed by atoms with van der Waals surface area (Å²) in [5.74, 6) is -0.871. The van der Waals surface area contributed by atoms with E-state index in [0.29, 0.717) is 11.3 Å². The topological polar surface area (TPSA) is 98.9 Å². The number of hydrogen-bond acceptors (Lipinski definition) is 6. The summed E-state index contributed by atoms with van der Waals surface area (Å²) in [6, 6.07) is 4.98. The highest BCUT2D eigenvalue weighted by Gasteiger charge is 2.43. The Morgan fingerprint density at radius 1 is 1.38 bits per heavy atom. The molecule has 0 N–H and O–H groups in total. The number of oxime groups is 1. The lowest BCUT2D eigenvalue weighted by atomic mass is 9.88. The van der Waals surface area contributed by atoms with Crippen LogP contribution >= 0.6 is 31.9 Å². The van der Waals surface area contributed by atoms with Crippen LogP contribution in [0.15, 0.2) is 41.1 Å². The maximum Gasteiger partial charge on any atom is 0.365 e. The number of nitrogens with zero attached hydrogens (tertiary/aromatic N) is 2. The fraction of sp³-hybridized carbons (Fsp3) is 0.267. The van der Waals surface area contributed by atoms with Crippen molar-refractivity contribution < 1.29 is 19.3 Å². The molecule has 126 valence electrons. The average Bonchev–Trinajstić information content (AvgIpc) is 2.52. The maximum atomic E-state index is 12.0. The van der Waals surface area contributed by atoms with Crippen LogP contribution in [0.4, 0.5) is 5.69 Å². The molecule has 1 aromatic rings. The zero-order valence-corrected chi connectivity index (χ0v) is 15.8. The quantitative estimate of drug-likeness (QED) is 0.298. The molecule has 1 aliphatic carbocycles. The van der Waals surface area contributed by atoms with E-state index in [1.54, 1.807) is 13.8 Å². The first-order valence-electron chi connectivity index (χ1n) is 6.74. The molecule has 0 saturated heterocycles. The number of ketones is 1. The number of non-ortho nitro benzene ring substituents is 1. The summed E-state index contributed by atoms with van der Waals surface area (Å²) >= 11 is 6.72. The van der Waals surface area contributed by atoms with Crippen molar-refractivity contribution in [2.45, 2.75) is 23.0 Å². The van der Waals surface area contributed by atoms with E-state index in [-0.39, 0.29) is 17.0 Å². The van der Waals surface area contributed by atoms with Crippen molar-refractivity contribution in [2.75, 3.05) is 0 Å². The zero-order valence-electron chi connectivity index (χ0n) is 12.7. The van der Waals surface area contributed by atoms with Crippen molar-refractivity contribution in [3.8, 4) is 0 Å². The van der Waals surface area contributed by atoms with Gasteiger partial charge in [-0.25, -0.2) is 4.79 Å². The molecule has 9 heteroatoms. The van der Waals surface area contributed by atoms with Crippen molar-refractivity contribution in [1.29, 1.82) is 0 Å². The van der Waals surface area contributed by atoms with Gasteiger partial charge in [-0.2, -0.15) is 0 Å². The summed E-state index contributed by atoms with van der Waals surface area (Å²) < 4.78 is -0.835. The summed E-state index contributed by atoms with van der Waals surface area (Å²) in [4.78, 5) is 38.3. The number of halogens is 2. The second kappa shape index (κ2) is 6.94. The highest BCUT2D eigenvalue weighted by molar-refractivity contribution is 9.13. The van der Waals surface area contributed by atoms with E-state index in [0.717, 1.165) is 0 Å². The molecule has 0 saturated carbocycles. The number of nitro benzene ring substituents is 1. The molecule has 0 radical (unpaired) electrons. The number of rotatable bonds is 3. The molecule has 2 rings (SSSR count). The normalized spacial score (nSPS) is 25.3. The molecule has 0 heterocycles. The lowest BCUT2D eigenvalue weighted by Gasteiger charge is -2.31. The first kappa shape index (κ1) is 18.5. The molecule has 1 aliphatic rings. The van der Waals surface area contributed by atoms with Crippen LogP contribution in [0.3, 0.4) is 0 Å². The monoisotopic (exact) mass is 458 g/mol. The lowest BCUT2D eigenvalue weighted by molar-refractivity contribution is -0.384. The van der Waals surface area contributed by atoms with Crippen LogP contribution in [0.1, 0.15) is 24.2 Å². The van der Waals surface area contributed by atoms with Gasteiger partial charge >= 0.3 is 5.97 Å². The largest absolute Gasteiger partial charge is 0.365 e. The third-order valence-corrected chi connectivity index (χ3v) is 6.27.